The Bertz CT molecular complexity index is 489. The monoisotopic (exact) mass is 241 g/mol. The Labute approximate surface area is 94.0 Å². The number of hydrogen-bond acceptors (Lipinski definition) is 5. The third-order valence-electron chi connectivity index (χ3n) is 1.58. The minimum absolute atomic E-state index is 0.0502. The van der Waals surface area contributed by atoms with Crippen LogP contribution in [-0.4, -0.2) is 16.1 Å². The minimum atomic E-state index is -1.06. The maximum Gasteiger partial charge on any atom is 0.371 e. The second-order valence-corrected chi connectivity index (χ2v) is 4.89. The maximum atomic E-state index is 10.6. The van der Waals surface area contributed by atoms with Crippen molar-refractivity contribution in [3.05, 3.63) is 29.0 Å². The molecule has 0 bridgehead atoms. The molecule has 6 heteroatoms. The third-order valence-corrected chi connectivity index (χ3v) is 3.56. The van der Waals surface area contributed by atoms with Crippen LogP contribution in [0.5, 0.6) is 0 Å². The predicted molar refractivity (Wildman–Crippen MR) is 56.6 cm³/mol. The van der Waals surface area contributed by atoms with Gasteiger partial charge in [0.05, 0.1) is 0 Å². The highest BCUT2D eigenvalue weighted by molar-refractivity contribution is 8.00. The van der Waals surface area contributed by atoms with Crippen molar-refractivity contribution < 1.29 is 14.3 Å². The fourth-order valence-electron chi connectivity index (χ4n) is 0.955. The molecule has 0 aliphatic carbocycles. The van der Waals surface area contributed by atoms with Crippen molar-refractivity contribution in [1.82, 2.24) is 4.98 Å². The lowest BCUT2D eigenvalue weighted by atomic mass is 10.5. The van der Waals surface area contributed by atoms with Crippen molar-refractivity contribution in [2.24, 2.45) is 0 Å². The summed E-state index contributed by atoms with van der Waals surface area (Å²) in [5.74, 6) is -1.11. The number of aryl methyl sites for hydroxylation is 1. The van der Waals surface area contributed by atoms with Gasteiger partial charge in [-0.15, -0.1) is 11.3 Å². The summed E-state index contributed by atoms with van der Waals surface area (Å²) in [6, 6.07) is 3.07. The molecule has 2 heterocycles. The highest BCUT2D eigenvalue weighted by atomic mass is 32.2. The summed E-state index contributed by atoms with van der Waals surface area (Å²) in [4.78, 5) is 14.8. The molecule has 2 rings (SSSR count). The second kappa shape index (κ2) is 4.08. The van der Waals surface area contributed by atoms with E-state index in [-0.39, 0.29) is 5.76 Å². The summed E-state index contributed by atoms with van der Waals surface area (Å²) in [6.07, 6.45) is 0. The number of aromatic nitrogens is 1. The van der Waals surface area contributed by atoms with E-state index in [0.29, 0.717) is 5.09 Å². The Morgan fingerprint density at radius 2 is 2.40 bits per heavy atom. The topological polar surface area (TPSA) is 63.3 Å². The first-order chi connectivity index (χ1) is 7.15. The maximum absolute atomic E-state index is 10.6. The number of rotatable bonds is 3. The first kappa shape index (κ1) is 10.3. The SMILES string of the molecule is Cc1csc(Sc2ccc(C(=O)O)o2)n1. The first-order valence-electron chi connectivity index (χ1n) is 4.08. The quantitative estimate of drug-likeness (QED) is 0.895. The molecule has 0 unspecified atom stereocenters. The molecule has 0 aliphatic rings. The lowest BCUT2D eigenvalue weighted by molar-refractivity contribution is 0.0656. The van der Waals surface area contributed by atoms with Crippen LogP contribution in [0.25, 0.3) is 0 Å². The van der Waals surface area contributed by atoms with Gasteiger partial charge in [0.1, 0.15) is 0 Å². The number of aromatic carboxylic acids is 1. The van der Waals surface area contributed by atoms with E-state index in [9.17, 15) is 4.79 Å². The molecule has 1 N–H and O–H groups in total. The Kier molecular flexibility index (Phi) is 2.79. The molecule has 2 aromatic heterocycles. The molecule has 0 saturated heterocycles. The fourth-order valence-corrected chi connectivity index (χ4v) is 2.69. The van der Waals surface area contributed by atoms with Crippen LogP contribution in [0.1, 0.15) is 16.2 Å². The molecular weight excluding hydrogens is 234 g/mol. The van der Waals surface area contributed by atoms with Crippen LogP contribution in [0.4, 0.5) is 0 Å². The van der Waals surface area contributed by atoms with Gasteiger partial charge in [-0.1, -0.05) is 0 Å². The third kappa shape index (κ3) is 2.40. The fraction of sp³-hybridized carbons (Fsp3) is 0.111. The van der Waals surface area contributed by atoms with Crippen LogP contribution in [0.15, 0.2) is 31.4 Å². The Morgan fingerprint density at radius 1 is 1.60 bits per heavy atom. The number of carboxylic acids is 1. The summed E-state index contributed by atoms with van der Waals surface area (Å²) >= 11 is 2.83. The molecule has 0 aromatic carbocycles. The summed E-state index contributed by atoms with van der Waals surface area (Å²) < 4.78 is 5.93. The Hall–Kier alpha value is -1.27. The summed E-state index contributed by atoms with van der Waals surface area (Å²) in [5.41, 5.74) is 0.951. The number of nitrogens with zero attached hydrogens (tertiary/aromatic N) is 1. The molecule has 0 atom stereocenters. The largest absolute Gasteiger partial charge is 0.475 e. The highest BCUT2D eigenvalue weighted by Crippen LogP contribution is 2.31. The molecule has 4 nitrogen and oxygen atoms in total. The lowest BCUT2D eigenvalue weighted by Gasteiger charge is -1.90. The zero-order valence-electron chi connectivity index (χ0n) is 7.76. The van der Waals surface area contributed by atoms with Gasteiger partial charge in [-0.2, -0.15) is 0 Å². The van der Waals surface area contributed by atoms with Gasteiger partial charge in [0.2, 0.25) is 5.76 Å². The second-order valence-electron chi connectivity index (χ2n) is 2.78. The lowest BCUT2D eigenvalue weighted by Crippen LogP contribution is -1.91. The van der Waals surface area contributed by atoms with Gasteiger partial charge in [-0.3, -0.25) is 0 Å². The Balaban J connectivity index is 2.14. The van der Waals surface area contributed by atoms with Gasteiger partial charge in [-0.05, 0) is 30.8 Å². The highest BCUT2D eigenvalue weighted by Gasteiger charge is 2.10. The normalized spacial score (nSPS) is 10.5. The van der Waals surface area contributed by atoms with Crippen molar-refractivity contribution in [3.63, 3.8) is 0 Å². The molecule has 0 spiro atoms. The van der Waals surface area contributed by atoms with Gasteiger partial charge in [0, 0.05) is 11.1 Å². The summed E-state index contributed by atoms with van der Waals surface area (Å²) in [6.45, 7) is 1.91. The molecule has 0 saturated carbocycles. The van der Waals surface area contributed by atoms with Crippen molar-refractivity contribution in [3.8, 4) is 0 Å². The van der Waals surface area contributed by atoms with E-state index in [2.05, 4.69) is 4.98 Å². The van der Waals surface area contributed by atoms with E-state index < -0.39 is 5.97 Å². The molecule has 0 aliphatic heterocycles. The molecule has 78 valence electrons. The number of carbonyl (C=O) groups is 1. The molecule has 0 fully saturated rings. The summed E-state index contributed by atoms with van der Waals surface area (Å²) in [5, 5.41) is 11.1. The molecule has 2 aromatic rings. The van der Waals surface area contributed by atoms with E-state index >= 15 is 0 Å². The average Bonchev–Trinajstić information content (AvgIpc) is 2.76. The first-order valence-corrected chi connectivity index (χ1v) is 5.78. The summed E-state index contributed by atoms with van der Waals surface area (Å²) in [7, 11) is 0. The van der Waals surface area contributed by atoms with Crippen LogP contribution in [0.2, 0.25) is 0 Å². The zero-order chi connectivity index (χ0) is 10.8. The average molecular weight is 241 g/mol. The smallest absolute Gasteiger partial charge is 0.371 e. The van der Waals surface area contributed by atoms with Crippen molar-refractivity contribution in [2.75, 3.05) is 0 Å². The van der Waals surface area contributed by atoms with Crippen molar-refractivity contribution in [2.45, 2.75) is 16.4 Å². The van der Waals surface area contributed by atoms with E-state index in [1.54, 1.807) is 6.07 Å². The van der Waals surface area contributed by atoms with Crippen LogP contribution >= 0.6 is 23.1 Å². The number of carboxylic acid groups (broad SMARTS) is 1. The van der Waals surface area contributed by atoms with Gasteiger partial charge in [-0.25, -0.2) is 9.78 Å². The molecule has 0 radical (unpaired) electrons. The van der Waals surface area contributed by atoms with Gasteiger partial charge < -0.3 is 9.52 Å². The Morgan fingerprint density at radius 3 is 2.93 bits per heavy atom. The van der Waals surface area contributed by atoms with E-state index in [1.165, 1.54) is 29.2 Å². The van der Waals surface area contributed by atoms with Gasteiger partial charge >= 0.3 is 5.97 Å². The predicted octanol–water partition coefficient (Wildman–Crippen LogP) is 2.89. The number of thiazole rings is 1. The van der Waals surface area contributed by atoms with E-state index in [1.807, 2.05) is 12.3 Å². The van der Waals surface area contributed by atoms with E-state index in [4.69, 9.17) is 9.52 Å². The van der Waals surface area contributed by atoms with Crippen molar-refractivity contribution >= 4 is 29.1 Å². The minimum Gasteiger partial charge on any atom is -0.475 e. The standard InChI is InChI=1S/C9H7NO3S2/c1-5-4-14-9(10-5)15-7-3-2-6(13-7)8(11)12/h2-4H,1H3,(H,11,12). The van der Waals surface area contributed by atoms with Gasteiger partial charge in [0.25, 0.3) is 0 Å². The molecular formula is C9H7NO3S2. The van der Waals surface area contributed by atoms with Crippen LogP contribution in [0, 0.1) is 6.92 Å². The van der Waals surface area contributed by atoms with Gasteiger partial charge in [0.15, 0.2) is 9.43 Å². The van der Waals surface area contributed by atoms with Crippen LogP contribution < -0.4 is 0 Å². The number of hydrogen-bond donors (Lipinski definition) is 1. The molecule has 15 heavy (non-hydrogen) atoms. The number of furan rings is 1. The van der Waals surface area contributed by atoms with Crippen molar-refractivity contribution in [1.29, 1.82) is 0 Å². The molecule has 0 amide bonds. The zero-order valence-corrected chi connectivity index (χ0v) is 9.39. The van der Waals surface area contributed by atoms with Crippen LogP contribution in [-0.2, 0) is 0 Å². The van der Waals surface area contributed by atoms with E-state index in [0.717, 1.165) is 10.0 Å². The van der Waals surface area contributed by atoms with Crippen LogP contribution in [0.3, 0.4) is 0 Å².